The molecule has 3 rings (SSSR count). The molecular formula is C14H16OS. The maximum Gasteiger partial charge on any atom is 0.0471 e. The molecule has 16 heavy (non-hydrogen) atoms. The normalized spacial score (nSPS) is 18.1. The predicted octanol–water partition coefficient (Wildman–Crippen LogP) is 4.10. The molecule has 0 bridgehead atoms. The van der Waals surface area contributed by atoms with Gasteiger partial charge in [-0.1, -0.05) is 18.2 Å². The van der Waals surface area contributed by atoms with E-state index in [9.17, 15) is 0 Å². The molecule has 0 aliphatic carbocycles. The van der Waals surface area contributed by atoms with Gasteiger partial charge in [0.2, 0.25) is 0 Å². The summed E-state index contributed by atoms with van der Waals surface area (Å²) in [6, 6.07) is 9.01. The zero-order chi connectivity index (χ0) is 11.0. The van der Waals surface area contributed by atoms with E-state index in [1.165, 1.54) is 27.8 Å². The first-order chi connectivity index (χ1) is 7.84. The van der Waals surface area contributed by atoms with Gasteiger partial charge in [-0.3, -0.25) is 0 Å². The van der Waals surface area contributed by atoms with E-state index >= 15 is 0 Å². The van der Waals surface area contributed by atoms with Gasteiger partial charge in [0.25, 0.3) is 0 Å². The number of fused-ring (bicyclic) bond motifs is 1. The third-order valence-corrected chi connectivity index (χ3v) is 4.47. The van der Waals surface area contributed by atoms with Crippen LogP contribution in [0.4, 0.5) is 0 Å². The van der Waals surface area contributed by atoms with Crippen LogP contribution in [0.2, 0.25) is 0 Å². The molecule has 1 aromatic carbocycles. The summed E-state index contributed by atoms with van der Waals surface area (Å²) in [5.41, 5.74) is 1.54. The molecule has 1 saturated heterocycles. The SMILES string of the molecule is Cc1cc2cccc(C3CCOCC3)c2s1. The monoisotopic (exact) mass is 232 g/mol. The maximum atomic E-state index is 5.44. The van der Waals surface area contributed by atoms with E-state index in [2.05, 4.69) is 31.2 Å². The van der Waals surface area contributed by atoms with E-state index < -0.39 is 0 Å². The van der Waals surface area contributed by atoms with Crippen LogP contribution in [0.3, 0.4) is 0 Å². The Morgan fingerprint density at radius 1 is 1.25 bits per heavy atom. The van der Waals surface area contributed by atoms with Gasteiger partial charge in [-0.15, -0.1) is 11.3 Å². The summed E-state index contributed by atoms with van der Waals surface area (Å²) in [7, 11) is 0. The molecule has 0 radical (unpaired) electrons. The number of thiophene rings is 1. The lowest BCUT2D eigenvalue weighted by atomic mass is 9.91. The van der Waals surface area contributed by atoms with Crippen LogP contribution in [0.15, 0.2) is 24.3 Å². The fraction of sp³-hybridized carbons (Fsp3) is 0.429. The molecule has 1 aliphatic rings. The summed E-state index contributed by atoms with van der Waals surface area (Å²) in [4.78, 5) is 1.41. The number of hydrogen-bond acceptors (Lipinski definition) is 2. The first-order valence-corrected chi connectivity index (χ1v) is 6.73. The molecular weight excluding hydrogens is 216 g/mol. The third kappa shape index (κ3) is 1.76. The van der Waals surface area contributed by atoms with E-state index in [1.807, 2.05) is 11.3 Å². The Hall–Kier alpha value is -0.860. The van der Waals surface area contributed by atoms with Gasteiger partial charge in [0.15, 0.2) is 0 Å². The fourth-order valence-electron chi connectivity index (χ4n) is 2.54. The number of hydrogen-bond donors (Lipinski definition) is 0. The molecule has 1 nitrogen and oxygen atoms in total. The average Bonchev–Trinajstić information content (AvgIpc) is 2.70. The summed E-state index contributed by atoms with van der Waals surface area (Å²) in [6.45, 7) is 4.04. The van der Waals surface area contributed by atoms with Gasteiger partial charge < -0.3 is 4.74 Å². The Morgan fingerprint density at radius 2 is 2.06 bits per heavy atom. The third-order valence-electron chi connectivity index (χ3n) is 3.36. The molecule has 0 atom stereocenters. The van der Waals surface area contributed by atoms with Crippen molar-refractivity contribution >= 4 is 21.4 Å². The summed E-state index contributed by atoms with van der Waals surface area (Å²) < 4.78 is 6.93. The van der Waals surface area contributed by atoms with Crippen molar-refractivity contribution in [1.29, 1.82) is 0 Å². The second kappa shape index (κ2) is 4.19. The van der Waals surface area contributed by atoms with E-state index in [1.54, 1.807) is 5.56 Å². The van der Waals surface area contributed by atoms with E-state index in [4.69, 9.17) is 4.74 Å². The van der Waals surface area contributed by atoms with E-state index in [0.29, 0.717) is 5.92 Å². The number of ether oxygens (including phenoxy) is 1. The summed E-state index contributed by atoms with van der Waals surface area (Å²) in [6.07, 6.45) is 2.35. The van der Waals surface area contributed by atoms with Crippen molar-refractivity contribution in [3.05, 3.63) is 34.7 Å². The Bertz CT molecular complexity index is 494. The van der Waals surface area contributed by atoms with Crippen molar-refractivity contribution in [3.63, 3.8) is 0 Å². The number of aryl methyl sites for hydroxylation is 1. The zero-order valence-electron chi connectivity index (χ0n) is 9.53. The van der Waals surface area contributed by atoms with Gasteiger partial charge in [-0.05, 0) is 42.7 Å². The molecule has 0 unspecified atom stereocenters. The summed E-state index contributed by atoms with van der Waals surface area (Å²) >= 11 is 1.93. The van der Waals surface area contributed by atoms with Crippen LogP contribution in [-0.4, -0.2) is 13.2 Å². The van der Waals surface area contributed by atoms with Crippen LogP contribution >= 0.6 is 11.3 Å². The van der Waals surface area contributed by atoms with Crippen LogP contribution in [0.25, 0.3) is 10.1 Å². The largest absolute Gasteiger partial charge is 0.381 e. The first-order valence-electron chi connectivity index (χ1n) is 5.91. The maximum absolute atomic E-state index is 5.44. The highest BCUT2D eigenvalue weighted by Gasteiger charge is 2.18. The molecule has 1 aliphatic heterocycles. The smallest absolute Gasteiger partial charge is 0.0471 e. The molecule has 1 aromatic heterocycles. The molecule has 84 valence electrons. The molecule has 0 N–H and O–H groups in total. The molecule has 2 heterocycles. The van der Waals surface area contributed by atoms with Crippen LogP contribution in [-0.2, 0) is 4.74 Å². The van der Waals surface area contributed by atoms with Crippen molar-refractivity contribution in [2.75, 3.05) is 13.2 Å². The Balaban J connectivity index is 2.07. The molecule has 0 saturated carbocycles. The second-order valence-corrected chi connectivity index (χ2v) is 5.77. The molecule has 2 heteroatoms. The molecule has 0 spiro atoms. The van der Waals surface area contributed by atoms with Crippen molar-refractivity contribution in [2.24, 2.45) is 0 Å². The van der Waals surface area contributed by atoms with Gasteiger partial charge in [0, 0.05) is 22.8 Å². The quantitative estimate of drug-likeness (QED) is 0.719. The van der Waals surface area contributed by atoms with Gasteiger partial charge in [0.05, 0.1) is 0 Å². The van der Waals surface area contributed by atoms with Crippen LogP contribution in [0.5, 0.6) is 0 Å². The van der Waals surface area contributed by atoms with Crippen molar-refractivity contribution in [1.82, 2.24) is 0 Å². The number of benzene rings is 1. The van der Waals surface area contributed by atoms with Gasteiger partial charge >= 0.3 is 0 Å². The van der Waals surface area contributed by atoms with Crippen LogP contribution < -0.4 is 0 Å². The standard InChI is InChI=1S/C14H16OS/c1-10-9-12-3-2-4-13(14(12)16-10)11-5-7-15-8-6-11/h2-4,9,11H,5-8H2,1H3. The topological polar surface area (TPSA) is 9.23 Å². The van der Waals surface area contributed by atoms with E-state index in [0.717, 1.165) is 13.2 Å². The zero-order valence-corrected chi connectivity index (χ0v) is 10.3. The lowest BCUT2D eigenvalue weighted by molar-refractivity contribution is 0.0856. The second-order valence-electron chi connectivity index (χ2n) is 4.51. The lowest BCUT2D eigenvalue weighted by Crippen LogP contribution is -2.13. The molecule has 2 aromatic rings. The van der Waals surface area contributed by atoms with Gasteiger partial charge in [-0.2, -0.15) is 0 Å². The molecule has 1 fully saturated rings. The van der Waals surface area contributed by atoms with Crippen LogP contribution in [0.1, 0.15) is 29.2 Å². The first kappa shape index (κ1) is 10.3. The average molecular weight is 232 g/mol. The Labute approximate surface area is 100 Å². The van der Waals surface area contributed by atoms with Crippen molar-refractivity contribution in [2.45, 2.75) is 25.7 Å². The van der Waals surface area contributed by atoms with Gasteiger partial charge in [-0.25, -0.2) is 0 Å². The van der Waals surface area contributed by atoms with E-state index in [-0.39, 0.29) is 0 Å². The Kier molecular flexibility index (Phi) is 2.70. The highest BCUT2D eigenvalue weighted by atomic mass is 32.1. The lowest BCUT2D eigenvalue weighted by Gasteiger charge is -2.22. The van der Waals surface area contributed by atoms with Crippen molar-refractivity contribution in [3.8, 4) is 0 Å². The minimum Gasteiger partial charge on any atom is -0.381 e. The Morgan fingerprint density at radius 3 is 2.88 bits per heavy atom. The van der Waals surface area contributed by atoms with Gasteiger partial charge in [0.1, 0.15) is 0 Å². The molecule has 0 amide bonds. The van der Waals surface area contributed by atoms with Crippen LogP contribution in [0, 0.1) is 6.92 Å². The minimum absolute atomic E-state index is 0.704. The number of rotatable bonds is 1. The fourth-order valence-corrected chi connectivity index (χ4v) is 3.65. The summed E-state index contributed by atoms with van der Waals surface area (Å²) in [5, 5.41) is 1.41. The van der Waals surface area contributed by atoms with Crippen molar-refractivity contribution < 1.29 is 4.74 Å². The predicted molar refractivity (Wildman–Crippen MR) is 69.4 cm³/mol. The highest BCUT2D eigenvalue weighted by molar-refractivity contribution is 7.19. The summed E-state index contributed by atoms with van der Waals surface area (Å²) in [5.74, 6) is 0.704. The minimum atomic E-state index is 0.704. The highest BCUT2D eigenvalue weighted by Crippen LogP contribution is 2.36.